The molecule has 0 aliphatic heterocycles. The van der Waals surface area contributed by atoms with Gasteiger partial charge in [-0.1, -0.05) is 152 Å². The Hall–Kier alpha value is -7.68. The minimum atomic E-state index is -0.503. The molecular weight excluding hydrogens is 713 g/mol. The van der Waals surface area contributed by atoms with Crippen molar-refractivity contribution in [3.05, 3.63) is 229 Å². The Balaban J connectivity index is 1.22. The van der Waals surface area contributed by atoms with Gasteiger partial charge in [0.1, 0.15) is 0 Å². The van der Waals surface area contributed by atoms with E-state index in [4.69, 9.17) is 4.98 Å². The Labute approximate surface area is 342 Å². The number of aromatic nitrogens is 2. The van der Waals surface area contributed by atoms with Crippen molar-refractivity contribution in [2.75, 3.05) is 0 Å². The highest BCUT2D eigenvalue weighted by molar-refractivity contribution is 6.22. The first-order valence-corrected chi connectivity index (χ1v) is 20.4. The average Bonchev–Trinajstić information content (AvgIpc) is 3.91. The van der Waals surface area contributed by atoms with Crippen LogP contribution in [0.1, 0.15) is 22.3 Å². The molecule has 0 fully saturated rings. The molecule has 3 aliphatic carbocycles. The Morgan fingerprint density at radius 3 is 1.51 bits per heavy atom. The standard InChI is InChI=1S/C57H34N2/c1-3-14-36(15-4-1)51-32-40(33-52(59-51)37-16-5-2-6-17-37)54-55-44-22-13-18-38-30-39(35-26-28-58-29-27-35)31-45(53(38)44)46(55)34-50-56(54)43-21-9-12-25-49(43)57(50)47-23-10-7-19-41(47)42-20-8-11-24-48(42)57/h1-34H. The fourth-order valence-corrected chi connectivity index (χ4v) is 10.8. The molecule has 0 N–H and O–H groups in total. The van der Waals surface area contributed by atoms with Gasteiger partial charge in [0, 0.05) is 23.5 Å². The van der Waals surface area contributed by atoms with E-state index in [2.05, 4.69) is 199 Å². The molecule has 1 spiro atoms. The van der Waals surface area contributed by atoms with E-state index in [1.807, 2.05) is 12.4 Å². The van der Waals surface area contributed by atoms with Gasteiger partial charge in [-0.05, 0) is 142 Å². The molecule has 10 aromatic rings. The number of benzene rings is 8. The lowest BCUT2D eigenvalue weighted by molar-refractivity contribution is 0.794. The Morgan fingerprint density at radius 1 is 0.305 bits per heavy atom. The van der Waals surface area contributed by atoms with Crippen LogP contribution in [0.15, 0.2) is 207 Å². The van der Waals surface area contributed by atoms with Gasteiger partial charge in [-0.15, -0.1) is 0 Å². The third-order valence-corrected chi connectivity index (χ3v) is 13.1. The van der Waals surface area contributed by atoms with E-state index in [-0.39, 0.29) is 0 Å². The van der Waals surface area contributed by atoms with Crippen molar-refractivity contribution in [1.82, 2.24) is 9.97 Å². The maximum Gasteiger partial charge on any atom is 0.0725 e. The summed E-state index contributed by atoms with van der Waals surface area (Å²) >= 11 is 0. The minimum Gasteiger partial charge on any atom is -0.265 e. The zero-order valence-electron chi connectivity index (χ0n) is 32.0. The second-order valence-corrected chi connectivity index (χ2v) is 16.0. The Morgan fingerprint density at radius 2 is 0.864 bits per heavy atom. The Bertz CT molecular complexity index is 3260. The number of pyridine rings is 2. The van der Waals surface area contributed by atoms with E-state index in [0.29, 0.717) is 0 Å². The van der Waals surface area contributed by atoms with Crippen LogP contribution in [0, 0.1) is 0 Å². The van der Waals surface area contributed by atoms with Crippen molar-refractivity contribution in [3.63, 3.8) is 0 Å². The summed E-state index contributed by atoms with van der Waals surface area (Å²) in [7, 11) is 0. The van der Waals surface area contributed by atoms with Gasteiger partial charge >= 0.3 is 0 Å². The van der Waals surface area contributed by atoms with Crippen molar-refractivity contribution in [1.29, 1.82) is 0 Å². The third kappa shape index (κ3) is 4.40. The summed E-state index contributed by atoms with van der Waals surface area (Å²) in [6, 6.07) is 71.8. The first-order chi connectivity index (χ1) is 29.3. The predicted octanol–water partition coefficient (Wildman–Crippen LogP) is 14.3. The summed E-state index contributed by atoms with van der Waals surface area (Å²) in [4.78, 5) is 9.74. The maximum absolute atomic E-state index is 5.38. The first-order valence-electron chi connectivity index (χ1n) is 20.4. The van der Waals surface area contributed by atoms with Crippen LogP contribution in [0.4, 0.5) is 0 Å². The van der Waals surface area contributed by atoms with E-state index < -0.39 is 5.41 Å². The molecule has 0 saturated carbocycles. The number of nitrogens with zero attached hydrogens (tertiary/aromatic N) is 2. The van der Waals surface area contributed by atoms with Crippen LogP contribution in [0.3, 0.4) is 0 Å². The SMILES string of the molecule is c1ccc(-c2cc(-c3c4c(cc5c3-c3ccccc3C53c5ccccc5-c5ccccc53)-c3cc(-c5ccncc5)cc5cccc-4c35)cc(-c3ccccc3)n2)cc1. The molecule has 2 nitrogen and oxygen atoms in total. The summed E-state index contributed by atoms with van der Waals surface area (Å²) < 4.78 is 0. The molecule has 0 amide bonds. The number of hydrogen-bond donors (Lipinski definition) is 0. The zero-order chi connectivity index (χ0) is 38.7. The maximum atomic E-state index is 5.38. The minimum absolute atomic E-state index is 0.503. The van der Waals surface area contributed by atoms with Gasteiger partial charge in [0.25, 0.3) is 0 Å². The molecule has 13 rings (SSSR count). The first kappa shape index (κ1) is 32.4. The fraction of sp³-hybridized carbons (Fsp3) is 0.0175. The largest absolute Gasteiger partial charge is 0.265 e. The summed E-state index contributed by atoms with van der Waals surface area (Å²) in [6.45, 7) is 0. The quantitative estimate of drug-likeness (QED) is 0.179. The van der Waals surface area contributed by atoms with Gasteiger partial charge in [0.2, 0.25) is 0 Å². The molecule has 59 heavy (non-hydrogen) atoms. The smallest absolute Gasteiger partial charge is 0.0725 e. The number of rotatable bonds is 4. The van der Waals surface area contributed by atoms with Crippen LogP contribution in [-0.4, -0.2) is 9.97 Å². The van der Waals surface area contributed by atoms with Crippen LogP contribution in [0.25, 0.3) is 100 Å². The van der Waals surface area contributed by atoms with Gasteiger partial charge in [0.15, 0.2) is 0 Å². The van der Waals surface area contributed by atoms with Crippen LogP contribution < -0.4 is 0 Å². The van der Waals surface area contributed by atoms with Crippen LogP contribution in [-0.2, 0) is 5.41 Å². The molecule has 8 aromatic carbocycles. The molecule has 0 atom stereocenters. The molecule has 0 unspecified atom stereocenters. The monoisotopic (exact) mass is 746 g/mol. The molecule has 0 radical (unpaired) electrons. The normalized spacial score (nSPS) is 13.2. The number of fused-ring (bicyclic) bond motifs is 13. The molecule has 2 heterocycles. The van der Waals surface area contributed by atoms with Gasteiger partial charge in [0.05, 0.1) is 16.8 Å². The molecule has 0 saturated heterocycles. The van der Waals surface area contributed by atoms with Crippen molar-refractivity contribution in [3.8, 4) is 89.3 Å². The summed E-state index contributed by atoms with van der Waals surface area (Å²) in [6.07, 6.45) is 3.78. The van der Waals surface area contributed by atoms with Gasteiger partial charge in [-0.2, -0.15) is 0 Å². The molecule has 0 bridgehead atoms. The van der Waals surface area contributed by atoms with Gasteiger partial charge < -0.3 is 0 Å². The predicted molar refractivity (Wildman–Crippen MR) is 242 cm³/mol. The second kappa shape index (κ2) is 12.2. The van der Waals surface area contributed by atoms with Crippen molar-refractivity contribution < 1.29 is 0 Å². The Kier molecular flexibility index (Phi) is 6.68. The van der Waals surface area contributed by atoms with E-state index in [9.17, 15) is 0 Å². The molecular formula is C57H34N2. The van der Waals surface area contributed by atoms with Gasteiger partial charge in [-0.3, -0.25) is 4.98 Å². The molecule has 272 valence electrons. The van der Waals surface area contributed by atoms with Crippen molar-refractivity contribution in [2.24, 2.45) is 0 Å². The molecule has 2 heteroatoms. The summed E-state index contributed by atoms with van der Waals surface area (Å²) in [5.41, 5.74) is 24.0. The highest BCUT2D eigenvalue weighted by Crippen LogP contribution is 2.67. The van der Waals surface area contributed by atoms with E-state index in [1.165, 1.54) is 88.7 Å². The topological polar surface area (TPSA) is 25.8 Å². The molecule has 3 aliphatic rings. The fourth-order valence-electron chi connectivity index (χ4n) is 10.8. The number of hydrogen-bond acceptors (Lipinski definition) is 2. The zero-order valence-corrected chi connectivity index (χ0v) is 32.0. The van der Waals surface area contributed by atoms with Crippen LogP contribution >= 0.6 is 0 Å². The third-order valence-electron chi connectivity index (χ3n) is 13.1. The molecule has 2 aromatic heterocycles. The van der Waals surface area contributed by atoms with Crippen molar-refractivity contribution >= 4 is 10.8 Å². The van der Waals surface area contributed by atoms with E-state index in [1.54, 1.807) is 0 Å². The lowest BCUT2D eigenvalue weighted by Crippen LogP contribution is -2.26. The van der Waals surface area contributed by atoms with E-state index in [0.717, 1.165) is 33.6 Å². The second-order valence-electron chi connectivity index (χ2n) is 16.0. The van der Waals surface area contributed by atoms with Gasteiger partial charge in [-0.25, -0.2) is 4.98 Å². The lowest BCUT2D eigenvalue weighted by atomic mass is 9.69. The van der Waals surface area contributed by atoms with E-state index >= 15 is 0 Å². The van der Waals surface area contributed by atoms with Crippen LogP contribution in [0.2, 0.25) is 0 Å². The highest BCUT2D eigenvalue weighted by Gasteiger charge is 2.53. The van der Waals surface area contributed by atoms with Crippen molar-refractivity contribution in [2.45, 2.75) is 5.41 Å². The lowest BCUT2D eigenvalue weighted by Gasteiger charge is -2.31. The highest BCUT2D eigenvalue weighted by atomic mass is 14.7. The summed E-state index contributed by atoms with van der Waals surface area (Å²) in [5, 5.41) is 2.55. The summed E-state index contributed by atoms with van der Waals surface area (Å²) in [5.74, 6) is 0. The average molecular weight is 747 g/mol. The van der Waals surface area contributed by atoms with Crippen LogP contribution in [0.5, 0.6) is 0 Å².